The van der Waals surface area contributed by atoms with Gasteiger partial charge < -0.3 is 9.16 Å². The number of hydrogen-bond acceptors (Lipinski definition) is 3. The van der Waals surface area contributed by atoms with Crippen LogP contribution in [0, 0.1) is 0 Å². The van der Waals surface area contributed by atoms with Crippen molar-refractivity contribution in [3.05, 3.63) is 0 Å². The fraction of sp³-hybridized carbons (Fsp3) is 0.917. The molecule has 0 aromatic heterocycles. The van der Waals surface area contributed by atoms with E-state index in [4.69, 9.17) is 4.43 Å². The minimum absolute atomic E-state index is 0.0926. The van der Waals surface area contributed by atoms with E-state index in [0.717, 1.165) is 5.33 Å². The Hall–Kier alpha value is 0.127. The average Bonchev–Trinajstić information content (AvgIpc) is 2.21. The van der Waals surface area contributed by atoms with Crippen molar-refractivity contribution >= 4 is 30.2 Å². The van der Waals surface area contributed by atoms with Gasteiger partial charge in [0, 0.05) is 11.8 Å². The minimum atomic E-state index is -1.75. The van der Waals surface area contributed by atoms with Gasteiger partial charge in [0.25, 0.3) is 0 Å². The molecule has 0 aromatic rings. The molecular formula is C12H25BrO3Si. The van der Waals surface area contributed by atoms with Crippen LogP contribution in [0.2, 0.25) is 18.1 Å². The number of alkyl halides is 1. The maximum atomic E-state index is 11.1. The molecule has 0 N–H and O–H groups in total. The summed E-state index contributed by atoms with van der Waals surface area (Å²) in [6.45, 7) is 11.1. The van der Waals surface area contributed by atoms with E-state index in [-0.39, 0.29) is 17.1 Å². The summed E-state index contributed by atoms with van der Waals surface area (Å²) < 4.78 is 10.9. The summed E-state index contributed by atoms with van der Waals surface area (Å²) in [5, 5.41) is 0.954. The van der Waals surface area contributed by atoms with Crippen LogP contribution in [0.15, 0.2) is 0 Å². The Morgan fingerprint density at radius 2 is 1.88 bits per heavy atom. The summed E-state index contributed by atoms with van der Waals surface area (Å²) in [4.78, 5) is 11.1. The van der Waals surface area contributed by atoms with Gasteiger partial charge in [0.15, 0.2) is 8.32 Å². The minimum Gasteiger partial charge on any atom is -0.469 e. The molecule has 0 spiro atoms. The van der Waals surface area contributed by atoms with Crippen molar-refractivity contribution in [2.45, 2.75) is 57.8 Å². The summed E-state index contributed by atoms with van der Waals surface area (Å²) in [5.74, 6) is -0.171. The first-order chi connectivity index (χ1) is 7.64. The van der Waals surface area contributed by atoms with Crippen LogP contribution in [-0.2, 0) is 14.0 Å². The summed E-state index contributed by atoms with van der Waals surface area (Å²) >= 11 is 3.45. The zero-order valence-corrected chi connectivity index (χ0v) is 14.4. The van der Waals surface area contributed by atoms with Crippen molar-refractivity contribution < 1.29 is 14.0 Å². The maximum absolute atomic E-state index is 11.1. The van der Waals surface area contributed by atoms with Crippen molar-refractivity contribution in [1.82, 2.24) is 0 Å². The van der Waals surface area contributed by atoms with Crippen LogP contribution in [0.1, 0.15) is 33.6 Å². The molecule has 0 aliphatic carbocycles. The van der Waals surface area contributed by atoms with E-state index < -0.39 is 8.32 Å². The molecule has 0 unspecified atom stereocenters. The monoisotopic (exact) mass is 324 g/mol. The zero-order chi connectivity index (χ0) is 13.7. The molecule has 102 valence electrons. The first-order valence-electron chi connectivity index (χ1n) is 5.94. The molecule has 0 amide bonds. The number of hydrogen-bond donors (Lipinski definition) is 0. The highest BCUT2D eigenvalue weighted by Crippen LogP contribution is 2.37. The van der Waals surface area contributed by atoms with E-state index in [1.165, 1.54) is 7.11 Å². The van der Waals surface area contributed by atoms with Gasteiger partial charge in [-0.3, -0.25) is 4.79 Å². The van der Waals surface area contributed by atoms with E-state index >= 15 is 0 Å². The fourth-order valence-electron chi connectivity index (χ4n) is 1.14. The molecular weight excluding hydrogens is 300 g/mol. The Balaban J connectivity index is 4.35. The van der Waals surface area contributed by atoms with Crippen LogP contribution in [0.4, 0.5) is 0 Å². The zero-order valence-electron chi connectivity index (χ0n) is 11.8. The smallest absolute Gasteiger partial charge is 0.305 e. The first-order valence-corrected chi connectivity index (χ1v) is 9.97. The third-order valence-electron chi connectivity index (χ3n) is 3.34. The van der Waals surface area contributed by atoms with Crippen molar-refractivity contribution in [2.24, 2.45) is 0 Å². The van der Waals surface area contributed by atoms with Gasteiger partial charge in [-0.05, 0) is 24.6 Å². The van der Waals surface area contributed by atoms with Crippen LogP contribution in [0.5, 0.6) is 0 Å². The molecule has 0 radical (unpaired) electrons. The molecule has 17 heavy (non-hydrogen) atoms. The number of halogens is 1. The molecule has 1 atom stereocenters. The van der Waals surface area contributed by atoms with Crippen LogP contribution >= 0.6 is 15.9 Å². The topological polar surface area (TPSA) is 35.5 Å². The molecule has 0 saturated carbocycles. The number of ether oxygens (including phenoxy) is 1. The lowest BCUT2D eigenvalue weighted by Gasteiger charge is -2.39. The summed E-state index contributed by atoms with van der Waals surface area (Å²) in [5.41, 5.74) is 0. The second-order valence-corrected chi connectivity index (χ2v) is 11.2. The molecule has 0 bridgehead atoms. The molecule has 0 saturated heterocycles. The van der Waals surface area contributed by atoms with Crippen molar-refractivity contribution in [2.75, 3.05) is 12.4 Å². The SMILES string of the molecule is COC(=O)CC[C@H](CBr)O[Si](C)(C)C(C)(C)C. The average molecular weight is 325 g/mol. The number of methoxy groups -OCH3 is 1. The molecule has 3 nitrogen and oxygen atoms in total. The van der Waals surface area contributed by atoms with Crippen LogP contribution < -0.4 is 0 Å². The number of rotatable bonds is 6. The van der Waals surface area contributed by atoms with Crippen molar-refractivity contribution in [1.29, 1.82) is 0 Å². The lowest BCUT2D eigenvalue weighted by Crippen LogP contribution is -2.44. The number of esters is 1. The number of carbonyl (C=O) groups is 1. The molecule has 0 aromatic carbocycles. The van der Waals surface area contributed by atoms with E-state index in [0.29, 0.717) is 12.8 Å². The van der Waals surface area contributed by atoms with Crippen LogP contribution in [-0.4, -0.2) is 32.8 Å². The van der Waals surface area contributed by atoms with Crippen molar-refractivity contribution in [3.63, 3.8) is 0 Å². The van der Waals surface area contributed by atoms with Gasteiger partial charge in [-0.15, -0.1) is 0 Å². The lowest BCUT2D eigenvalue weighted by molar-refractivity contribution is -0.141. The Morgan fingerprint density at radius 3 is 2.24 bits per heavy atom. The second kappa shape index (κ2) is 6.90. The fourth-order valence-corrected chi connectivity index (χ4v) is 3.23. The number of carbonyl (C=O) groups excluding carboxylic acids is 1. The van der Waals surface area contributed by atoms with Gasteiger partial charge in [-0.2, -0.15) is 0 Å². The highest BCUT2D eigenvalue weighted by molar-refractivity contribution is 9.09. The van der Waals surface area contributed by atoms with Crippen LogP contribution in [0.3, 0.4) is 0 Å². The summed E-state index contributed by atoms with van der Waals surface area (Å²) in [7, 11) is -0.336. The molecule has 0 aliphatic heterocycles. The van der Waals surface area contributed by atoms with E-state index in [2.05, 4.69) is 54.5 Å². The predicted octanol–water partition coefficient (Wildman–Crippen LogP) is 3.72. The van der Waals surface area contributed by atoms with E-state index in [1.807, 2.05) is 0 Å². The highest BCUT2D eigenvalue weighted by Gasteiger charge is 2.38. The van der Waals surface area contributed by atoms with Gasteiger partial charge in [0.1, 0.15) is 0 Å². The summed E-state index contributed by atoms with van der Waals surface area (Å²) in [6.07, 6.45) is 1.22. The third-order valence-corrected chi connectivity index (χ3v) is 8.59. The molecule has 0 aliphatic rings. The normalized spacial score (nSPS) is 14.5. The molecule has 5 heteroatoms. The maximum Gasteiger partial charge on any atom is 0.305 e. The molecule has 0 rings (SSSR count). The predicted molar refractivity (Wildman–Crippen MR) is 77.1 cm³/mol. The quantitative estimate of drug-likeness (QED) is 0.424. The van der Waals surface area contributed by atoms with Gasteiger partial charge >= 0.3 is 5.97 Å². The van der Waals surface area contributed by atoms with Gasteiger partial charge in [-0.25, -0.2) is 0 Å². The standard InChI is InChI=1S/C12H25BrO3Si/c1-12(2,3)17(5,6)16-10(9-13)7-8-11(14)15-4/h10H,7-9H2,1-6H3/t10-/m1/s1. The molecule has 0 heterocycles. The summed E-state index contributed by atoms with van der Waals surface area (Å²) in [6, 6.07) is 0. The largest absolute Gasteiger partial charge is 0.469 e. The Morgan fingerprint density at radius 1 is 1.35 bits per heavy atom. The Bertz CT molecular complexity index is 249. The molecule has 0 fully saturated rings. The van der Waals surface area contributed by atoms with Gasteiger partial charge in [0.2, 0.25) is 0 Å². The Labute approximate surface area is 115 Å². The van der Waals surface area contributed by atoms with Gasteiger partial charge in [-0.1, -0.05) is 36.7 Å². The third kappa shape index (κ3) is 6.02. The lowest BCUT2D eigenvalue weighted by atomic mass is 10.2. The van der Waals surface area contributed by atoms with Crippen LogP contribution in [0.25, 0.3) is 0 Å². The van der Waals surface area contributed by atoms with Gasteiger partial charge in [0.05, 0.1) is 13.2 Å². The Kier molecular flexibility index (Phi) is 6.95. The first kappa shape index (κ1) is 17.1. The highest BCUT2D eigenvalue weighted by atomic mass is 79.9. The van der Waals surface area contributed by atoms with E-state index in [1.54, 1.807) is 0 Å². The van der Waals surface area contributed by atoms with Crippen molar-refractivity contribution in [3.8, 4) is 0 Å². The van der Waals surface area contributed by atoms with E-state index in [9.17, 15) is 4.79 Å². The second-order valence-electron chi connectivity index (χ2n) is 5.77.